The number of alkyl halides is 3. The minimum Gasteiger partial charge on any atom is -0.406 e. The van der Waals surface area contributed by atoms with Gasteiger partial charge in [-0.2, -0.15) is 5.10 Å². The molecule has 1 fully saturated rings. The maximum absolute atomic E-state index is 12.4. The maximum Gasteiger partial charge on any atom is 0.573 e. The summed E-state index contributed by atoms with van der Waals surface area (Å²) in [6.07, 6.45) is 0.540. The van der Waals surface area contributed by atoms with Gasteiger partial charge in [-0.05, 0) is 60.7 Å². The molecule has 0 aliphatic carbocycles. The lowest BCUT2D eigenvalue weighted by molar-refractivity contribution is -0.274. The highest BCUT2D eigenvalue weighted by Crippen LogP contribution is 2.31. The molecule has 7 nitrogen and oxygen atoms in total. The summed E-state index contributed by atoms with van der Waals surface area (Å²) in [6.45, 7) is 5.22. The van der Waals surface area contributed by atoms with Crippen LogP contribution in [0.1, 0.15) is 30.0 Å². The molecule has 40 heavy (non-hydrogen) atoms. The lowest BCUT2D eigenvalue weighted by atomic mass is 10.0. The molecule has 11 heteroatoms. The Morgan fingerprint density at radius 1 is 1.05 bits per heavy atom. The minimum atomic E-state index is -4.74. The van der Waals surface area contributed by atoms with E-state index in [1.54, 1.807) is 18.0 Å². The zero-order chi connectivity index (χ0) is 28.1. The number of thioether (sulfide) groups is 1. The van der Waals surface area contributed by atoms with Crippen LogP contribution in [0.4, 0.5) is 18.9 Å². The molecule has 5 rings (SSSR count). The van der Waals surface area contributed by atoms with E-state index in [4.69, 9.17) is 0 Å². The first-order valence-corrected chi connectivity index (χ1v) is 13.8. The van der Waals surface area contributed by atoms with Gasteiger partial charge in [-0.3, -0.25) is 0 Å². The third-order valence-electron chi connectivity index (χ3n) is 6.31. The first kappa shape index (κ1) is 27.4. The standard InChI is InChI=1S/C29H27F3N6OS/c1-3-22-7-4-6-20(2)26(22)37-16-5-17-40-28(37)35-34-18-21-8-10-23(11-9-21)27-33-19-38(36-27)24-12-14-25(15-13-24)39-29(30,31)32/h4,6-15,18-19H,3,5,16-17H2,1-2H3/b34-18+,35-28-. The smallest absolute Gasteiger partial charge is 0.406 e. The van der Waals surface area contributed by atoms with Crippen LogP contribution < -0.4 is 9.64 Å². The number of nitrogens with zero attached hydrogens (tertiary/aromatic N) is 6. The molecule has 1 saturated heterocycles. The molecule has 1 aliphatic heterocycles. The molecule has 0 saturated carbocycles. The van der Waals surface area contributed by atoms with Gasteiger partial charge in [0.05, 0.1) is 11.9 Å². The summed E-state index contributed by atoms with van der Waals surface area (Å²) < 4.78 is 42.6. The van der Waals surface area contributed by atoms with E-state index in [1.165, 1.54) is 52.1 Å². The number of benzene rings is 3. The van der Waals surface area contributed by atoms with Crippen molar-refractivity contribution >= 4 is 28.8 Å². The predicted molar refractivity (Wildman–Crippen MR) is 153 cm³/mol. The molecule has 1 aliphatic rings. The van der Waals surface area contributed by atoms with Crippen molar-refractivity contribution in [3.05, 3.63) is 89.7 Å². The number of anilines is 1. The van der Waals surface area contributed by atoms with Gasteiger partial charge in [0.15, 0.2) is 11.0 Å². The van der Waals surface area contributed by atoms with E-state index < -0.39 is 6.36 Å². The van der Waals surface area contributed by atoms with Crippen molar-refractivity contribution in [2.45, 2.75) is 33.1 Å². The molecule has 206 valence electrons. The maximum atomic E-state index is 12.4. The van der Waals surface area contributed by atoms with Gasteiger partial charge in [-0.15, -0.1) is 23.4 Å². The van der Waals surface area contributed by atoms with Crippen LogP contribution in [0, 0.1) is 6.92 Å². The number of amidine groups is 1. The van der Waals surface area contributed by atoms with Crippen LogP contribution in [0.25, 0.3) is 17.1 Å². The molecule has 0 unspecified atom stereocenters. The Morgan fingerprint density at radius 3 is 2.55 bits per heavy atom. The summed E-state index contributed by atoms with van der Waals surface area (Å²) in [5.74, 6) is 1.20. The highest BCUT2D eigenvalue weighted by Gasteiger charge is 2.31. The Labute approximate surface area is 234 Å². The number of halogens is 3. The van der Waals surface area contributed by atoms with Crippen LogP contribution in [0.15, 0.2) is 83.3 Å². The first-order valence-electron chi connectivity index (χ1n) is 12.8. The second-order valence-electron chi connectivity index (χ2n) is 9.09. The fourth-order valence-corrected chi connectivity index (χ4v) is 5.32. The van der Waals surface area contributed by atoms with Gasteiger partial charge in [-0.1, -0.05) is 61.2 Å². The fraction of sp³-hybridized carbons (Fsp3) is 0.241. The quantitative estimate of drug-likeness (QED) is 0.178. The van der Waals surface area contributed by atoms with Gasteiger partial charge in [0.1, 0.15) is 12.1 Å². The van der Waals surface area contributed by atoms with Gasteiger partial charge in [-0.25, -0.2) is 9.67 Å². The van der Waals surface area contributed by atoms with E-state index in [1.807, 2.05) is 24.3 Å². The van der Waals surface area contributed by atoms with Gasteiger partial charge in [0.25, 0.3) is 0 Å². The van der Waals surface area contributed by atoms with E-state index in [0.717, 1.165) is 41.4 Å². The van der Waals surface area contributed by atoms with E-state index in [0.29, 0.717) is 11.5 Å². The monoisotopic (exact) mass is 564 g/mol. The number of rotatable bonds is 7. The van der Waals surface area contributed by atoms with E-state index in [2.05, 4.69) is 62.0 Å². The summed E-state index contributed by atoms with van der Waals surface area (Å²) in [4.78, 5) is 6.61. The fourth-order valence-electron chi connectivity index (χ4n) is 4.42. The lowest BCUT2D eigenvalue weighted by Gasteiger charge is -2.31. The Bertz CT molecular complexity index is 1510. The molecule has 0 bridgehead atoms. The third kappa shape index (κ3) is 6.53. The minimum absolute atomic E-state index is 0.297. The second kappa shape index (κ2) is 12.0. The molecule has 0 spiro atoms. The van der Waals surface area contributed by atoms with Gasteiger partial charge >= 0.3 is 6.36 Å². The van der Waals surface area contributed by atoms with Crippen LogP contribution in [0.5, 0.6) is 5.75 Å². The van der Waals surface area contributed by atoms with Crippen LogP contribution in [-0.2, 0) is 6.42 Å². The molecule has 0 amide bonds. The average Bonchev–Trinajstić information content (AvgIpc) is 3.44. The Balaban J connectivity index is 1.27. The summed E-state index contributed by atoms with van der Waals surface area (Å²) in [6, 6.07) is 19.4. The zero-order valence-corrected chi connectivity index (χ0v) is 22.8. The zero-order valence-electron chi connectivity index (χ0n) is 22.0. The number of aromatic nitrogens is 3. The molecule has 0 N–H and O–H groups in total. The van der Waals surface area contributed by atoms with Crippen molar-refractivity contribution in [2.24, 2.45) is 10.2 Å². The van der Waals surface area contributed by atoms with Gasteiger partial charge in [0.2, 0.25) is 0 Å². The molecule has 1 aromatic heterocycles. The molecule has 3 aromatic carbocycles. The Hall–Kier alpha value is -4.12. The van der Waals surface area contributed by atoms with Crippen molar-refractivity contribution in [1.82, 2.24) is 14.8 Å². The van der Waals surface area contributed by atoms with Crippen LogP contribution in [0.3, 0.4) is 0 Å². The molecular weight excluding hydrogens is 537 g/mol. The van der Waals surface area contributed by atoms with Crippen LogP contribution in [0.2, 0.25) is 0 Å². The molecule has 2 heterocycles. The second-order valence-corrected chi connectivity index (χ2v) is 10.2. The average molecular weight is 565 g/mol. The van der Waals surface area contributed by atoms with Crippen molar-refractivity contribution < 1.29 is 17.9 Å². The summed E-state index contributed by atoms with van der Waals surface area (Å²) in [7, 11) is 0. The number of hydrogen-bond donors (Lipinski definition) is 0. The topological polar surface area (TPSA) is 67.9 Å². The summed E-state index contributed by atoms with van der Waals surface area (Å²) in [5.41, 5.74) is 6.00. The molecule has 4 aromatic rings. The first-order chi connectivity index (χ1) is 19.3. The van der Waals surface area contributed by atoms with Crippen LogP contribution in [-0.4, -0.2) is 44.8 Å². The van der Waals surface area contributed by atoms with Crippen molar-refractivity contribution in [3.8, 4) is 22.8 Å². The third-order valence-corrected chi connectivity index (χ3v) is 7.36. The van der Waals surface area contributed by atoms with Gasteiger partial charge in [0, 0.05) is 23.5 Å². The SMILES string of the molecule is CCc1cccc(C)c1N1CCCS/C1=N\N=C\c1ccc(-c2ncn(-c3ccc(OC(F)(F)F)cc3)n2)cc1. The summed E-state index contributed by atoms with van der Waals surface area (Å²) in [5, 5.41) is 14.3. The molecule has 0 atom stereocenters. The Morgan fingerprint density at radius 2 is 1.82 bits per heavy atom. The highest BCUT2D eigenvalue weighted by atomic mass is 32.2. The van der Waals surface area contributed by atoms with Crippen molar-refractivity contribution in [2.75, 3.05) is 17.2 Å². The molecule has 0 radical (unpaired) electrons. The largest absolute Gasteiger partial charge is 0.573 e. The number of hydrogen-bond acceptors (Lipinski definition) is 6. The number of ether oxygens (including phenoxy) is 1. The molecular formula is C29H27F3N6OS. The van der Waals surface area contributed by atoms with E-state index in [9.17, 15) is 13.2 Å². The van der Waals surface area contributed by atoms with Crippen molar-refractivity contribution in [1.29, 1.82) is 0 Å². The number of para-hydroxylation sites is 1. The van der Waals surface area contributed by atoms with E-state index >= 15 is 0 Å². The number of aryl methyl sites for hydroxylation is 2. The summed E-state index contributed by atoms with van der Waals surface area (Å²) >= 11 is 1.72. The van der Waals surface area contributed by atoms with Crippen LogP contribution >= 0.6 is 11.8 Å². The van der Waals surface area contributed by atoms with Crippen molar-refractivity contribution in [3.63, 3.8) is 0 Å². The van der Waals surface area contributed by atoms with Gasteiger partial charge < -0.3 is 9.64 Å². The lowest BCUT2D eigenvalue weighted by Crippen LogP contribution is -2.35. The highest BCUT2D eigenvalue weighted by molar-refractivity contribution is 8.14. The normalized spacial score (nSPS) is 15.2. The predicted octanol–water partition coefficient (Wildman–Crippen LogP) is 7.04. The van der Waals surface area contributed by atoms with E-state index in [-0.39, 0.29) is 5.75 Å². The Kier molecular flexibility index (Phi) is 8.20.